The van der Waals surface area contributed by atoms with Crippen molar-refractivity contribution in [1.29, 1.82) is 0 Å². The highest BCUT2D eigenvalue weighted by Crippen LogP contribution is 2.44. The molecule has 2 N–H and O–H groups in total. The van der Waals surface area contributed by atoms with E-state index in [0.29, 0.717) is 18.7 Å². The zero-order chi connectivity index (χ0) is 19.3. The monoisotopic (exact) mass is 385 g/mol. The smallest absolute Gasteiger partial charge is 0.264 e. The van der Waals surface area contributed by atoms with Gasteiger partial charge in [-0.25, -0.2) is 9.97 Å². The lowest BCUT2D eigenvalue weighted by molar-refractivity contribution is -0.157. The Bertz CT molecular complexity index is 796. The predicted molar refractivity (Wildman–Crippen MR) is 96.6 cm³/mol. The first-order chi connectivity index (χ1) is 12.0. The van der Waals surface area contributed by atoms with Crippen LogP contribution in [0.3, 0.4) is 0 Å². The third-order valence-corrected chi connectivity index (χ3v) is 5.90. The van der Waals surface area contributed by atoms with E-state index < -0.39 is 15.9 Å². The molecule has 1 aromatic heterocycles. The van der Waals surface area contributed by atoms with Gasteiger partial charge < -0.3 is 14.8 Å². The molecular formula is C17H27N3O5S. The Morgan fingerprint density at radius 1 is 1.19 bits per heavy atom. The first-order valence-corrected chi connectivity index (χ1v) is 10.5. The molecule has 1 saturated heterocycles. The summed E-state index contributed by atoms with van der Waals surface area (Å²) in [6.07, 6.45) is 0.598. The van der Waals surface area contributed by atoms with Crippen LogP contribution in [0.1, 0.15) is 43.8 Å². The molecule has 1 aromatic rings. The lowest BCUT2D eigenvalue weighted by atomic mass is 10.0. The van der Waals surface area contributed by atoms with Crippen LogP contribution in [0.5, 0.6) is 0 Å². The molecule has 8 nitrogen and oxygen atoms in total. The Hall–Kier alpha value is -1.29. The largest absolute Gasteiger partial charge is 0.364 e. The first-order valence-electron chi connectivity index (χ1n) is 8.84. The zero-order valence-corrected chi connectivity index (χ0v) is 16.6. The molecule has 1 aliphatic carbocycles. The van der Waals surface area contributed by atoms with Crippen molar-refractivity contribution < 1.29 is 22.4 Å². The van der Waals surface area contributed by atoms with Crippen molar-refractivity contribution in [2.24, 2.45) is 5.92 Å². The number of aromatic nitrogens is 2. The normalized spacial score (nSPS) is 30.4. The van der Waals surface area contributed by atoms with E-state index in [1.165, 1.54) is 0 Å². The van der Waals surface area contributed by atoms with Crippen molar-refractivity contribution in [2.75, 3.05) is 11.1 Å². The quantitative estimate of drug-likeness (QED) is 0.741. The molecule has 2 aliphatic rings. The third-order valence-electron chi connectivity index (χ3n) is 5.15. The average Bonchev–Trinajstić information content (AvgIpc) is 2.96. The SMILES string of the molecule is Cc1nc(C)c(C)c(N[C@@H]2C[C@H](CCS(=O)(=O)O)[C@H]3OC(C)(C)O[C@H]32)n1. The molecule has 1 aliphatic heterocycles. The van der Waals surface area contributed by atoms with Crippen LogP contribution in [0, 0.1) is 26.7 Å². The second kappa shape index (κ2) is 6.70. The van der Waals surface area contributed by atoms with Gasteiger partial charge in [0.05, 0.1) is 17.9 Å². The molecule has 26 heavy (non-hydrogen) atoms. The summed E-state index contributed by atoms with van der Waals surface area (Å²) in [7, 11) is -4.00. The van der Waals surface area contributed by atoms with E-state index in [1.54, 1.807) is 0 Å². The van der Waals surface area contributed by atoms with Gasteiger partial charge in [0.25, 0.3) is 10.1 Å². The minimum atomic E-state index is -4.00. The van der Waals surface area contributed by atoms with Crippen molar-refractivity contribution in [3.63, 3.8) is 0 Å². The van der Waals surface area contributed by atoms with Crippen LogP contribution < -0.4 is 5.32 Å². The molecule has 1 saturated carbocycles. The van der Waals surface area contributed by atoms with E-state index in [9.17, 15) is 8.42 Å². The summed E-state index contributed by atoms with van der Waals surface area (Å²) in [5.41, 5.74) is 1.90. The average molecular weight is 385 g/mol. The summed E-state index contributed by atoms with van der Waals surface area (Å²) < 4.78 is 43.5. The van der Waals surface area contributed by atoms with Crippen LogP contribution in [0.25, 0.3) is 0 Å². The van der Waals surface area contributed by atoms with Crippen molar-refractivity contribution >= 4 is 15.9 Å². The number of hydrogen-bond acceptors (Lipinski definition) is 7. The van der Waals surface area contributed by atoms with Crippen molar-refractivity contribution in [1.82, 2.24) is 9.97 Å². The van der Waals surface area contributed by atoms with Gasteiger partial charge in [-0.1, -0.05) is 0 Å². The van der Waals surface area contributed by atoms with E-state index in [1.807, 2.05) is 34.6 Å². The Labute approximate surface area is 154 Å². The molecule has 0 radical (unpaired) electrons. The van der Waals surface area contributed by atoms with Crippen LogP contribution in [0.2, 0.25) is 0 Å². The van der Waals surface area contributed by atoms with E-state index in [0.717, 1.165) is 17.1 Å². The van der Waals surface area contributed by atoms with Crippen molar-refractivity contribution in [3.8, 4) is 0 Å². The van der Waals surface area contributed by atoms with E-state index in [4.69, 9.17) is 14.0 Å². The van der Waals surface area contributed by atoms with Gasteiger partial charge in [0.1, 0.15) is 17.7 Å². The van der Waals surface area contributed by atoms with E-state index in [2.05, 4.69) is 15.3 Å². The molecular weight excluding hydrogens is 358 g/mol. The van der Waals surface area contributed by atoms with Gasteiger partial charge >= 0.3 is 0 Å². The molecule has 3 rings (SSSR count). The maximum atomic E-state index is 11.2. The number of ether oxygens (including phenoxy) is 2. The molecule has 0 aromatic carbocycles. The fourth-order valence-electron chi connectivity index (χ4n) is 3.90. The maximum absolute atomic E-state index is 11.2. The van der Waals surface area contributed by atoms with Gasteiger partial charge in [-0.15, -0.1) is 0 Å². The summed E-state index contributed by atoms with van der Waals surface area (Å²) in [6.45, 7) is 9.47. The Balaban J connectivity index is 1.81. The molecule has 2 fully saturated rings. The minimum Gasteiger partial charge on any atom is -0.364 e. The lowest BCUT2D eigenvalue weighted by Gasteiger charge is -2.25. The van der Waals surface area contributed by atoms with Gasteiger partial charge in [0, 0.05) is 11.3 Å². The Morgan fingerprint density at radius 2 is 1.85 bits per heavy atom. The minimum absolute atomic E-state index is 0.0227. The van der Waals surface area contributed by atoms with Gasteiger partial charge in [-0.2, -0.15) is 8.42 Å². The molecule has 4 atom stereocenters. The van der Waals surface area contributed by atoms with Gasteiger partial charge in [-0.05, 0) is 53.4 Å². The second-order valence-electron chi connectivity index (χ2n) is 7.72. The van der Waals surface area contributed by atoms with Crippen molar-refractivity contribution in [2.45, 2.75) is 71.5 Å². The van der Waals surface area contributed by atoms with Crippen LogP contribution in [0.15, 0.2) is 0 Å². The number of fused-ring (bicyclic) bond motifs is 1. The fourth-order valence-corrected chi connectivity index (χ4v) is 4.50. The molecule has 0 unspecified atom stereocenters. The number of nitrogens with one attached hydrogen (secondary N) is 1. The van der Waals surface area contributed by atoms with Crippen molar-refractivity contribution in [3.05, 3.63) is 17.1 Å². The summed E-state index contributed by atoms with van der Waals surface area (Å²) in [5, 5.41) is 3.46. The van der Waals surface area contributed by atoms with Gasteiger partial charge in [0.2, 0.25) is 0 Å². The number of rotatable bonds is 5. The zero-order valence-electron chi connectivity index (χ0n) is 15.8. The molecule has 0 bridgehead atoms. The molecule has 146 valence electrons. The summed E-state index contributed by atoms with van der Waals surface area (Å²) in [6, 6.07) is -0.0550. The fraction of sp³-hybridized carbons (Fsp3) is 0.765. The molecule has 2 heterocycles. The van der Waals surface area contributed by atoms with Crippen LogP contribution in [-0.2, 0) is 19.6 Å². The third kappa shape index (κ3) is 4.16. The second-order valence-corrected chi connectivity index (χ2v) is 9.29. The Morgan fingerprint density at radius 3 is 2.50 bits per heavy atom. The number of hydrogen-bond donors (Lipinski definition) is 2. The number of anilines is 1. The van der Waals surface area contributed by atoms with Gasteiger partial charge in [-0.3, -0.25) is 4.55 Å². The van der Waals surface area contributed by atoms with Crippen LogP contribution in [-0.4, -0.2) is 52.7 Å². The van der Waals surface area contributed by atoms with E-state index in [-0.39, 0.29) is 29.9 Å². The summed E-state index contributed by atoms with van der Waals surface area (Å²) >= 11 is 0. The summed E-state index contributed by atoms with van der Waals surface area (Å²) in [4.78, 5) is 8.87. The lowest BCUT2D eigenvalue weighted by Crippen LogP contribution is -2.35. The molecule has 9 heteroatoms. The first kappa shape index (κ1) is 19.5. The van der Waals surface area contributed by atoms with Crippen LogP contribution in [0.4, 0.5) is 5.82 Å². The maximum Gasteiger partial charge on any atom is 0.264 e. The predicted octanol–water partition coefficient (Wildman–Crippen LogP) is 2.00. The summed E-state index contributed by atoms with van der Waals surface area (Å²) in [5.74, 6) is 0.436. The van der Waals surface area contributed by atoms with Crippen LogP contribution >= 0.6 is 0 Å². The van der Waals surface area contributed by atoms with Gasteiger partial charge in [0.15, 0.2) is 5.79 Å². The van der Waals surface area contributed by atoms with E-state index >= 15 is 0 Å². The topological polar surface area (TPSA) is 111 Å². The Kier molecular flexibility index (Phi) is 5.02. The molecule has 0 amide bonds. The highest BCUT2D eigenvalue weighted by atomic mass is 32.2. The number of nitrogens with zero attached hydrogens (tertiary/aromatic N) is 2. The number of aryl methyl sites for hydroxylation is 2. The standard InChI is InChI=1S/C17H27N3O5S/c1-9-10(2)18-11(3)19-16(9)20-13-8-12(6-7-26(21,22)23)14-15(13)25-17(4,5)24-14/h12-15H,6-8H2,1-5H3,(H,18,19,20)(H,21,22,23)/t12-,13+,14+,15-/m0/s1. The highest BCUT2D eigenvalue weighted by Gasteiger charge is 2.54. The molecule has 0 spiro atoms. The highest BCUT2D eigenvalue weighted by molar-refractivity contribution is 7.85.